The van der Waals surface area contributed by atoms with E-state index in [4.69, 9.17) is 14.2 Å². The van der Waals surface area contributed by atoms with E-state index in [9.17, 15) is 0 Å². The zero-order valence-electron chi connectivity index (χ0n) is 17.6. The van der Waals surface area contributed by atoms with Crippen LogP contribution in [-0.4, -0.2) is 19.8 Å². The number of hydrogen-bond donors (Lipinski definition) is 0. The van der Waals surface area contributed by atoms with E-state index in [1.807, 2.05) is 0 Å². The van der Waals surface area contributed by atoms with Gasteiger partial charge in [0.1, 0.15) is 5.76 Å². The van der Waals surface area contributed by atoms with E-state index in [1.165, 1.54) is 57.8 Å². The molecule has 0 amide bonds. The van der Waals surface area contributed by atoms with Crippen LogP contribution >= 0.6 is 0 Å². The second-order valence-corrected chi connectivity index (χ2v) is 7.25. The highest BCUT2D eigenvalue weighted by molar-refractivity contribution is 5.32. The molecule has 0 bridgehead atoms. The van der Waals surface area contributed by atoms with Crippen molar-refractivity contribution in [2.24, 2.45) is 0 Å². The smallest absolute Gasteiger partial charge is 0.199 e. The van der Waals surface area contributed by atoms with E-state index in [-0.39, 0.29) is 0 Å². The van der Waals surface area contributed by atoms with Gasteiger partial charge in [-0.3, -0.25) is 0 Å². The average Bonchev–Trinajstić information content (AvgIpc) is 3.03. The largest absolute Gasteiger partial charge is 0.494 e. The molecule has 0 heterocycles. The van der Waals surface area contributed by atoms with E-state index in [0.717, 1.165) is 62.8 Å². The number of unbranched alkanes of at least 4 members (excludes halogenated alkanes) is 9. The third-order valence-corrected chi connectivity index (χ3v) is 4.72. The molecule has 0 aromatic carbocycles. The average molecular weight is 367 g/mol. The minimum atomic E-state index is 0.758. The molecule has 0 atom stereocenters. The van der Waals surface area contributed by atoms with Crippen LogP contribution in [0.3, 0.4) is 0 Å². The molecule has 26 heavy (non-hydrogen) atoms. The van der Waals surface area contributed by atoms with Gasteiger partial charge < -0.3 is 14.2 Å². The fourth-order valence-corrected chi connectivity index (χ4v) is 3.05. The summed E-state index contributed by atoms with van der Waals surface area (Å²) in [6.45, 7) is 9.02. The van der Waals surface area contributed by atoms with Crippen molar-refractivity contribution in [2.45, 2.75) is 104 Å². The van der Waals surface area contributed by atoms with Gasteiger partial charge in [-0.15, -0.1) is 0 Å². The van der Waals surface area contributed by atoms with E-state index in [0.29, 0.717) is 0 Å². The first kappa shape index (κ1) is 22.9. The highest BCUT2D eigenvalue weighted by Gasteiger charge is 2.22. The van der Waals surface area contributed by atoms with Crippen molar-refractivity contribution in [1.82, 2.24) is 0 Å². The first-order chi connectivity index (χ1) is 12.8. The Kier molecular flexibility index (Phi) is 14.2. The van der Waals surface area contributed by atoms with Crippen LogP contribution in [0.1, 0.15) is 104 Å². The number of ether oxygens (including phenoxy) is 3. The van der Waals surface area contributed by atoms with Crippen molar-refractivity contribution in [3.05, 3.63) is 23.4 Å². The van der Waals surface area contributed by atoms with Gasteiger partial charge in [0.05, 0.1) is 19.8 Å². The minimum Gasteiger partial charge on any atom is -0.494 e. The Morgan fingerprint density at radius 1 is 0.615 bits per heavy atom. The highest BCUT2D eigenvalue weighted by Crippen LogP contribution is 2.30. The zero-order valence-corrected chi connectivity index (χ0v) is 17.6. The van der Waals surface area contributed by atoms with Crippen LogP contribution in [0, 0.1) is 0 Å². The molecular formula is C23H42O3. The first-order valence-corrected chi connectivity index (χ1v) is 11.2. The van der Waals surface area contributed by atoms with Gasteiger partial charge in [-0.25, -0.2) is 0 Å². The van der Waals surface area contributed by atoms with Crippen LogP contribution in [0.5, 0.6) is 0 Å². The standard InChI is InChI=1S/C23H42O3/c1-4-7-10-13-18-24-21-16-17-22(25-19-14-11-8-5-2)23(21)26-20-15-12-9-6-3/h16H,4-15,17-20H2,1-3H3. The van der Waals surface area contributed by atoms with E-state index in [2.05, 4.69) is 26.8 Å². The topological polar surface area (TPSA) is 27.7 Å². The molecule has 0 aromatic heterocycles. The maximum Gasteiger partial charge on any atom is 0.199 e. The molecule has 0 saturated heterocycles. The van der Waals surface area contributed by atoms with Crippen molar-refractivity contribution >= 4 is 0 Å². The Labute approximate surface area is 162 Å². The summed E-state index contributed by atoms with van der Waals surface area (Å²) in [5, 5.41) is 0. The molecule has 0 fully saturated rings. The van der Waals surface area contributed by atoms with Gasteiger partial charge in [0.15, 0.2) is 11.5 Å². The molecule has 3 nitrogen and oxygen atoms in total. The molecule has 1 aliphatic rings. The zero-order chi connectivity index (χ0) is 18.9. The summed E-state index contributed by atoms with van der Waals surface area (Å²) in [4.78, 5) is 0. The Bertz CT molecular complexity index is 398. The summed E-state index contributed by atoms with van der Waals surface area (Å²) >= 11 is 0. The molecule has 0 radical (unpaired) electrons. The predicted octanol–water partition coefficient (Wildman–Crippen LogP) is 7.28. The summed E-state index contributed by atoms with van der Waals surface area (Å²) < 4.78 is 18.1. The van der Waals surface area contributed by atoms with Crippen molar-refractivity contribution in [2.75, 3.05) is 19.8 Å². The van der Waals surface area contributed by atoms with Crippen molar-refractivity contribution in [3.63, 3.8) is 0 Å². The molecule has 3 heteroatoms. The molecule has 1 aliphatic carbocycles. The summed E-state index contributed by atoms with van der Waals surface area (Å²) in [5.74, 6) is 2.74. The van der Waals surface area contributed by atoms with Crippen LogP contribution in [-0.2, 0) is 14.2 Å². The lowest BCUT2D eigenvalue weighted by Gasteiger charge is -2.15. The maximum atomic E-state index is 6.09. The van der Waals surface area contributed by atoms with Crippen LogP contribution in [0.4, 0.5) is 0 Å². The number of rotatable bonds is 18. The predicted molar refractivity (Wildman–Crippen MR) is 110 cm³/mol. The Balaban J connectivity index is 2.43. The number of hydrogen-bond acceptors (Lipinski definition) is 3. The van der Waals surface area contributed by atoms with Crippen LogP contribution in [0.25, 0.3) is 0 Å². The molecule has 1 rings (SSSR count). The van der Waals surface area contributed by atoms with Crippen LogP contribution < -0.4 is 0 Å². The summed E-state index contributed by atoms with van der Waals surface area (Å²) in [5.41, 5.74) is 0. The van der Waals surface area contributed by atoms with E-state index < -0.39 is 0 Å². The lowest BCUT2D eigenvalue weighted by Crippen LogP contribution is -2.05. The molecule has 0 aliphatic heterocycles. The van der Waals surface area contributed by atoms with Gasteiger partial charge in [-0.2, -0.15) is 0 Å². The third kappa shape index (κ3) is 10.1. The van der Waals surface area contributed by atoms with Gasteiger partial charge >= 0.3 is 0 Å². The second kappa shape index (κ2) is 16.1. The Morgan fingerprint density at radius 3 is 1.65 bits per heavy atom. The molecular weight excluding hydrogens is 324 g/mol. The minimum absolute atomic E-state index is 0.758. The third-order valence-electron chi connectivity index (χ3n) is 4.72. The van der Waals surface area contributed by atoms with Gasteiger partial charge in [0.2, 0.25) is 0 Å². The normalized spacial score (nSPS) is 13.9. The Morgan fingerprint density at radius 2 is 1.12 bits per heavy atom. The van der Waals surface area contributed by atoms with Crippen molar-refractivity contribution in [3.8, 4) is 0 Å². The quantitative estimate of drug-likeness (QED) is 0.239. The Hall–Kier alpha value is -1.12. The lowest BCUT2D eigenvalue weighted by atomic mass is 10.2. The molecule has 0 spiro atoms. The number of allylic oxidation sites excluding steroid dienone is 1. The van der Waals surface area contributed by atoms with Gasteiger partial charge in [-0.1, -0.05) is 78.6 Å². The lowest BCUT2D eigenvalue weighted by molar-refractivity contribution is 0.123. The van der Waals surface area contributed by atoms with E-state index >= 15 is 0 Å². The van der Waals surface area contributed by atoms with Gasteiger partial charge in [-0.05, 0) is 25.3 Å². The van der Waals surface area contributed by atoms with Crippen LogP contribution in [0.2, 0.25) is 0 Å². The summed E-state index contributed by atoms with van der Waals surface area (Å²) in [6, 6.07) is 0. The first-order valence-electron chi connectivity index (χ1n) is 11.2. The summed E-state index contributed by atoms with van der Waals surface area (Å²) in [7, 11) is 0. The monoisotopic (exact) mass is 366 g/mol. The SMILES string of the molecule is CCCCCCOC1=CCC(OCCCCCC)=C1OCCCCCC. The molecule has 0 aromatic rings. The second-order valence-electron chi connectivity index (χ2n) is 7.25. The van der Waals surface area contributed by atoms with Gasteiger partial charge in [0.25, 0.3) is 0 Å². The van der Waals surface area contributed by atoms with Crippen molar-refractivity contribution in [1.29, 1.82) is 0 Å². The fourth-order valence-electron chi connectivity index (χ4n) is 3.05. The maximum absolute atomic E-state index is 6.09. The fraction of sp³-hybridized carbons (Fsp3) is 0.826. The van der Waals surface area contributed by atoms with Crippen molar-refractivity contribution < 1.29 is 14.2 Å². The van der Waals surface area contributed by atoms with E-state index in [1.54, 1.807) is 0 Å². The van der Waals surface area contributed by atoms with Gasteiger partial charge in [0, 0.05) is 6.42 Å². The molecule has 152 valence electrons. The molecule has 0 unspecified atom stereocenters. The molecule has 0 N–H and O–H groups in total. The molecule has 0 saturated carbocycles. The van der Waals surface area contributed by atoms with Crippen LogP contribution in [0.15, 0.2) is 23.4 Å². The highest BCUT2D eigenvalue weighted by atomic mass is 16.5. The summed E-state index contributed by atoms with van der Waals surface area (Å²) in [6.07, 6.45) is 17.6.